The summed E-state index contributed by atoms with van der Waals surface area (Å²) in [5.74, 6) is -0.894. The van der Waals surface area contributed by atoms with E-state index in [4.69, 9.17) is 5.11 Å². The van der Waals surface area contributed by atoms with Crippen LogP contribution in [-0.2, 0) is 4.79 Å². The van der Waals surface area contributed by atoms with E-state index in [1.807, 2.05) is 12.1 Å². The zero-order valence-corrected chi connectivity index (χ0v) is 12.7. The third-order valence-corrected chi connectivity index (χ3v) is 4.11. The Labute approximate surface area is 125 Å². The Bertz CT molecular complexity index is 472. The van der Waals surface area contributed by atoms with Gasteiger partial charge in [-0.15, -0.1) is 0 Å². The first kappa shape index (κ1) is 14.3. The molecule has 1 N–H and O–H groups in total. The molecule has 1 saturated heterocycles. The third-order valence-electron chi connectivity index (χ3n) is 3.39. The van der Waals surface area contributed by atoms with Crippen molar-refractivity contribution in [2.24, 2.45) is 0 Å². The quantitative estimate of drug-likeness (QED) is 0.830. The molecule has 5 heteroatoms. The van der Waals surface area contributed by atoms with E-state index in [9.17, 15) is 9.59 Å². The molecule has 1 aliphatic heterocycles. The number of rotatable bonds is 3. The van der Waals surface area contributed by atoms with Gasteiger partial charge in [0.05, 0.1) is 6.42 Å². The van der Waals surface area contributed by atoms with Crippen LogP contribution in [0, 0.1) is 3.57 Å². The van der Waals surface area contributed by atoms with Crippen molar-refractivity contribution in [2.75, 3.05) is 6.54 Å². The van der Waals surface area contributed by atoms with Gasteiger partial charge in [0.15, 0.2) is 0 Å². The summed E-state index contributed by atoms with van der Waals surface area (Å²) in [5.41, 5.74) is 0.637. The molecule has 1 aliphatic rings. The minimum atomic E-state index is -0.840. The van der Waals surface area contributed by atoms with Gasteiger partial charge in [-0.25, -0.2) is 0 Å². The summed E-state index contributed by atoms with van der Waals surface area (Å²) in [7, 11) is 0. The number of carbonyl (C=O) groups excluding carboxylic acids is 1. The van der Waals surface area contributed by atoms with Crippen LogP contribution < -0.4 is 0 Å². The molecule has 1 aromatic carbocycles. The lowest BCUT2D eigenvalue weighted by molar-refractivity contribution is -0.138. The summed E-state index contributed by atoms with van der Waals surface area (Å²) in [6.07, 6.45) is 2.76. The van der Waals surface area contributed by atoms with E-state index in [1.54, 1.807) is 17.0 Å². The summed E-state index contributed by atoms with van der Waals surface area (Å²) in [6.45, 7) is 0.656. The molecule has 1 atom stereocenters. The minimum absolute atomic E-state index is 0.0378. The second kappa shape index (κ2) is 6.36. The highest BCUT2D eigenvalue weighted by atomic mass is 127. The van der Waals surface area contributed by atoms with Crippen LogP contribution in [0.15, 0.2) is 24.3 Å². The maximum absolute atomic E-state index is 12.4. The van der Waals surface area contributed by atoms with Gasteiger partial charge in [0.1, 0.15) is 0 Å². The SMILES string of the molecule is O=C(O)CC1CCCCN1C(=O)c1ccc(I)cc1. The van der Waals surface area contributed by atoms with Crippen LogP contribution in [0.1, 0.15) is 36.0 Å². The van der Waals surface area contributed by atoms with E-state index in [1.165, 1.54) is 0 Å². The van der Waals surface area contributed by atoms with Gasteiger partial charge in [0.2, 0.25) is 0 Å². The van der Waals surface area contributed by atoms with E-state index in [0.29, 0.717) is 12.1 Å². The van der Waals surface area contributed by atoms with Crippen LogP contribution in [0.4, 0.5) is 0 Å². The number of halogens is 1. The van der Waals surface area contributed by atoms with E-state index in [0.717, 1.165) is 22.8 Å². The van der Waals surface area contributed by atoms with Crippen LogP contribution >= 0.6 is 22.6 Å². The van der Waals surface area contributed by atoms with E-state index < -0.39 is 5.97 Å². The van der Waals surface area contributed by atoms with Crippen molar-refractivity contribution in [3.63, 3.8) is 0 Å². The molecule has 2 rings (SSSR count). The number of carboxylic acids is 1. The molecule has 0 bridgehead atoms. The second-order valence-electron chi connectivity index (χ2n) is 4.75. The van der Waals surface area contributed by atoms with Gasteiger partial charge in [0, 0.05) is 21.7 Å². The van der Waals surface area contributed by atoms with Gasteiger partial charge >= 0.3 is 5.97 Å². The van der Waals surface area contributed by atoms with Gasteiger partial charge in [-0.3, -0.25) is 9.59 Å². The number of carbonyl (C=O) groups is 2. The van der Waals surface area contributed by atoms with Crippen molar-refractivity contribution in [1.82, 2.24) is 4.90 Å². The maximum Gasteiger partial charge on any atom is 0.305 e. The Morgan fingerprint density at radius 1 is 1.26 bits per heavy atom. The highest BCUT2D eigenvalue weighted by Crippen LogP contribution is 2.22. The first-order valence-corrected chi connectivity index (χ1v) is 7.44. The third kappa shape index (κ3) is 3.68. The Hall–Kier alpha value is -1.11. The zero-order chi connectivity index (χ0) is 13.8. The van der Waals surface area contributed by atoms with E-state index in [2.05, 4.69) is 22.6 Å². The van der Waals surface area contributed by atoms with Crippen molar-refractivity contribution in [1.29, 1.82) is 0 Å². The van der Waals surface area contributed by atoms with Gasteiger partial charge in [-0.05, 0) is 66.1 Å². The van der Waals surface area contributed by atoms with Crippen molar-refractivity contribution < 1.29 is 14.7 Å². The fraction of sp³-hybridized carbons (Fsp3) is 0.429. The van der Waals surface area contributed by atoms with Crippen molar-refractivity contribution >= 4 is 34.5 Å². The van der Waals surface area contributed by atoms with Gasteiger partial charge in [0.25, 0.3) is 5.91 Å². The summed E-state index contributed by atoms with van der Waals surface area (Å²) >= 11 is 2.19. The van der Waals surface area contributed by atoms with Crippen LogP contribution in [0.25, 0.3) is 0 Å². The lowest BCUT2D eigenvalue weighted by Crippen LogP contribution is -2.44. The molecule has 0 saturated carbocycles. The molecule has 1 unspecified atom stereocenters. The molecule has 1 aromatic rings. The Morgan fingerprint density at radius 3 is 2.58 bits per heavy atom. The molecular weight excluding hydrogens is 357 g/mol. The number of benzene rings is 1. The summed E-state index contributed by atoms with van der Waals surface area (Å²) in [4.78, 5) is 25.0. The van der Waals surface area contributed by atoms with Crippen LogP contribution in [0.3, 0.4) is 0 Å². The van der Waals surface area contributed by atoms with Crippen molar-refractivity contribution in [3.05, 3.63) is 33.4 Å². The lowest BCUT2D eigenvalue weighted by atomic mass is 9.98. The lowest BCUT2D eigenvalue weighted by Gasteiger charge is -2.35. The van der Waals surface area contributed by atoms with Gasteiger partial charge < -0.3 is 10.0 Å². The van der Waals surface area contributed by atoms with Gasteiger partial charge in [-0.2, -0.15) is 0 Å². The monoisotopic (exact) mass is 373 g/mol. The van der Waals surface area contributed by atoms with E-state index >= 15 is 0 Å². The van der Waals surface area contributed by atoms with Crippen LogP contribution in [0.5, 0.6) is 0 Å². The topological polar surface area (TPSA) is 57.6 Å². The number of aliphatic carboxylic acids is 1. The molecule has 102 valence electrons. The number of nitrogens with zero attached hydrogens (tertiary/aromatic N) is 1. The van der Waals surface area contributed by atoms with Crippen LogP contribution in [-0.4, -0.2) is 34.5 Å². The molecule has 1 fully saturated rings. The van der Waals surface area contributed by atoms with E-state index in [-0.39, 0.29) is 18.4 Å². The molecule has 1 amide bonds. The number of carboxylic acid groups (broad SMARTS) is 1. The fourth-order valence-corrected chi connectivity index (χ4v) is 2.80. The smallest absolute Gasteiger partial charge is 0.305 e. The Balaban J connectivity index is 2.15. The zero-order valence-electron chi connectivity index (χ0n) is 10.5. The van der Waals surface area contributed by atoms with Gasteiger partial charge in [-0.1, -0.05) is 0 Å². The predicted octanol–water partition coefficient (Wildman–Crippen LogP) is 2.76. The number of likely N-dealkylation sites (tertiary alicyclic amines) is 1. The maximum atomic E-state index is 12.4. The Kier molecular flexibility index (Phi) is 4.79. The average molecular weight is 373 g/mol. The standard InChI is InChI=1S/C14H16INO3/c15-11-6-4-10(5-7-11)14(19)16-8-2-1-3-12(16)9-13(17)18/h4-7,12H,1-3,8-9H2,(H,17,18). The number of hydrogen-bond acceptors (Lipinski definition) is 2. The Morgan fingerprint density at radius 2 is 1.95 bits per heavy atom. The first-order chi connectivity index (χ1) is 9.08. The number of amides is 1. The average Bonchev–Trinajstić information content (AvgIpc) is 2.39. The normalized spacial score (nSPS) is 19.2. The van der Waals surface area contributed by atoms with Crippen molar-refractivity contribution in [2.45, 2.75) is 31.7 Å². The molecule has 0 aromatic heterocycles. The predicted molar refractivity (Wildman–Crippen MR) is 80.1 cm³/mol. The molecular formula is C14H16INO3. The minimum Gasteiger partial charge on any atom is -0.481 e. The number of piperidine rings is 1. The number of hydrogen-bond donors (Lipinski definition) is 1. The summed E-state index contributed by atoms with van der Waals surface area (Å²) in [5, 5.41) is 8.93. The fourth-order valence-electron chi connectivity index (χ4n) is 2.44. The molecule has 4 nitrogen and oxygen atoms in total. The molecule has 0 spiro atoms. The molecule has 19 heavy (non-hydrogen) atoms. The highest BCUT2D eigenvalue weighted by Gasteiger charge is 2.28. The van der Waals surface area contributed by atoms with Crippen LogP contribution in [0.2, 0.25) is 0 Å². The van der Waals surface area contributed by atoms with Crippen molar-refractivity contribution in [3.8, 4) is 0 Å². The first-order valence-electron chi connectivity index (χ1n) is 6.36. The molecule has 1 heterocycles. The molecule has 0 radical (unpaired) electrons. The summed E-state index contributed by atoms with van der Waals surface area (Å²) in [6, 6.07) is 7.22. The molecule has 0 aliphatic carbocycles. The highest BCUT2D eigenvalue weighted by molar-refractivity contribution is 14.1. The summed E-state index contributed by atoms with van der Waals surface area (Å²) < 4.78 is 1.08. The second-order valence-corrected chi connectivity index (χ2v) is 6.00. The largest absolute Gasteiger partial charge is 0.481 e.